The molecule has 1 amide bonds. The number of carbonyl (C=O) groups is 1. The molecule has 0 spiro atoms. The lowest BCUT2D eigenvalue weighted by atomic mass is 9.85. The van der Waals surface area contributed by atoms with Gasteiger partial charge in [-0.05, 0) is 26.3 Å². The number of amides is 1. The fraction of sp³-hybridized carbons (Fsp3) is 0.600. The maximum atomic E-state index is 13.1. The standard InChI is InChI=1S/C15H15ClF6N2O2/c1-8(2)26-11-10(16)5-9(6-23-11)12(25)24-4-3-13(7-24,14(17,18)19)15(20,21)22/h5-6,8H,3-4,7H2,1-2H3. The minimum atomic E-state index is -5.52. The van der Waals surface area contributed by atoms with Crippen molar-refractivity contribution in [3.05, 3.63) is 22.8 Å². The van der Waals surface area contributed by atoms with E-state index in [0.29, 0.717) is 4.90 Å². The average Bonchev–Trinajstić information content (AvgIpc) is 2.94. The van der Waals surface area contributed by atoms with E-state index in [4.69, 9.17) is 16.3 Å². The number of pyridine rings is 1. The monoisotopic (exact) mass is 404 g/mol. The zero-order valence-electron chi connectivity index (χ0n) is 13.7. The molecular weight excluding hydrogens is 390 g/mol. The van der Waals surface area contributed by atoms with Crippen LogP contribution in [0.25, 0.3) is 0 Å². The summed E-state index contributed by atoms with van der Waals surface area (Å²) in [5, 5.41) is -0.0679. The van der Waals surface area contributed by atoms with E-state index in [-0.39, 0.29) is 22.6 Å². The molecule has 26 heavy (non-hydrogen) atoms. The fourth-order valence-corrected chi connectivity index (χ4v) is 2.85. The van der Waals surface area contributed by atoms with Crippen LogP contribution in [0.2, 0.25) is 5.02 Å². The van der Waals surface area contributed by atoms with Crippen LogP contribution in [-0.2, 0) is 0 Å². The van der Waals surface area contributed by atoms with Crippen LogP contribution in [0.15, 0.2) is 12.3 Å². The fourth-order valence-electron chi connectivity index (χ4n) is 2.64. The van der Waals surface area contributed by atoms with Gasteiger partial charge < -0.3 is 9.64 Å². The summed E-state index contributed by atoms with van der Waals surface area (Å²) in [4.78, 5) is 16.6. The van der Waals surface area contributed by atoms with Crippen LogP contribution in [0.3, 0.4) is 0 Å². The van der Waals surface area contributed by atoms with Gasteiger partial charge in [-0.25, -0.2) is 4.98 Å². The number of nitrogens with zero attached hydrogens (tertiary/aromatic N) is 2. The first-order valence-electron chi connectivity index (χ1n) is 7.53. The molecule has 0 bridgehead atoms. The zero-order chi connectivity index (χ0) is 19.9. The maximum Gasteiger partial charge on any atom is 0.404 e. The molecule has 0 radical (unpaired) electrons. The molecule has 1 saturated heterocycles. The summed E-state index contributed by atoms with van der Waals surface area (Å²) in [6.07, 6.45) is -11.6. The minimum absolute atomic E-state index is 0.0135. The van der Waals surface area contributed by atoms with Crippen molar-refractivity contribution in [2.24, 2.45) is 5.41 Å². The van der Waals surface area contributed by atoms with Gasteiger partial charge in [0.05, 0.1) is 11.7 Å². The number of hydrogen-bond acceptors (Lipinski definition) is 3. The van der Waals surface area contributed by atoms with E-state index in [1.807, 2.05) is 0 Å². The molecule has 0 saturated carbocycles. The highest BCUT2D eigenvalue weighted by atomic mass is 35.5. The van der Waals surface area contributed by atoms with E-state index in [0.717, 1.165) is 12.3 Å². The molecule has 2 heterocycles. The zero-order valence-corrected chi connectivity index (χ0v) is 14.5. The molecule has 0 atom stereocenters. The van der Waals surface area contributed by atoms with Crippen LogP contribution in [0.1, 0.15) is 30.6 Å². The molecule has 11 heteroatoms. The number of halogens is 7. The van der Waals surface area contributed by atoms with Crippen molar-refractivity contribution in [2.75, 3.05) is 13.1 Å². The third-order valence-electron chi connectivity index (χ3n) is 4.04. The van der Waals surface area contributed by atoms with E-state index in [1.165, 1.54) is 0 Å². The number of likely N-dealkylation sites (tertiary alicyclic amines) is 1. The van der Waals surface area contributed by atoms with E-state index in [9.17, 15) is 31.1 Å². The second-order valence-corrected chi connectivity index (χ2v) is 6.64. The highest BCUT2D eigenvalue weighted by Gasteiger charge is 2.72. The second kappa shape index (κ2) is 6.79. The third kappa shape index (κ3) is 3.70. The topological polar surface area (TPSA) is 42.4 Å². The first kappa shape index (κ1) is 20.6. The summed E-state index contributed by atoms with van der Waals surface area (Å²) in [7, 11) is 0. The SMILES string of the molecule is CC(C)Oc1ncc(C(=O)N2CCC(C(F)(F)F)(C(F)(F)F)C2)cc1Cl. The van der Waals surface area contributed by atoms with Crippen molar-refractivity contribution in [1.82, 2.24) is 9.88 Å². The van der Waals surface area contributed by atoms with Crippen molar-refractivity contribution in [2.45, 2.75) is 38.7 Å². The molecular formula is C15H15ClF6N2O2. The molecule has 1 aromatic rings. The molecule has 1 aromatic heterocycles. The van der Waals surface area contributed by atoms with Gasteiger partial charge >= 0.3 is 12.4 Å². The van der Waals surface area contributed by atoms with Crippen LogP contribution < -0.4 is 4.74 Å². The Kier molecular flexibility index (Phi) is 5.38. The van der Waals surface area contributed by atoms with Gasteiger partial charge in [0.1, 0.15) is 5.02 Å². The van der Waals surface area contributed by atoms with Crippen LogP contribution >= 0.6 is 11.6 Å². The van der Waals surface area contributed by atoms with Crippen molar-refractivity contribution in [1.29, 1.82) is 0 Å². The molecule has 0 aromatic carbocycles. The Morgan fingerprint density at radius 3 is 2.27 bits per heavy atom. The molecule has 1 aliphatic rings. The van der Waals surface area contributed by atoms with Crippen molar-refractivity contribution < 1.29 is 35.9 Å². The van der Waals surface area contributed by atoms with Gasteiger partial charge in [-0.3, -0.25) is 4.79 Å². The van der Waals surface area contributed by atoms with E-state index < -0.39 is 43.2 Å². The average molecular weight is 405 g/mol. The Morgan fingerprint density at radius 1 is 1.27 bits per heavy atom. The Hall–Kier alpha value is -1.71. The van der Waals surface area contributed by atoms with Crippen LogP contribution in [0.5, 0.6) is 5.88 Å². The number of carbonyl (C=O) groups excluding carboxylic acids is 1. The maximum absolute atomic E-state index is 13.1. The lowest BCUT2D eigenvalue weighted by Crippen LogP contribution is -2.52. The lowest BCUT2D eigenvalue weighted by molar-refractivity contribution is -0.334. The molecule has 2 rings (SSSR count). The van der Waals surface area contributed by atoms with Gasteiger partial charge in [0.15, 0.2) is 5.41 Å². The van der Waals surface area contributed by atoms with Gasteiger partial charge in [-0.1, -0.05) is 11.6 Å². The van der Waals surface area contributed by atoms with E-state index in [2.05, 4.69) is 4.98 Å². The summed E-state index contributed by atoms with van der Waals surface area (Å²) < 4.78 is 83.8. The number of aromatic nitrogens is 1. The lowest BCUT2D eigenvalue weighted by Gasteiger charge is -2.33. The molecule has 1 aliphatic heterocycles. The molecule has 0 N–H and O–H groups in total. The minimum Gasteiger partial charge on any atom is -0.474 e. The predicted octanol–water partition coefficient (Wildman–Crippen LogP) is 4.48. The number of ether oxygens (including phenoxy) is 1. The Balaban J connectivity index is 2.25. The highest BCUT2D eigenvalue weighted by Crippen LogP contribution is 2.55. The van der Waals surface area contributed by atoms with Gasteiger partial charge in [0.25, 0.3) is 5.91 Å². The van der Waals surface area contributed by atoms with Gasteiger partial charge in [-0.2, -0.15) is 26.3 Å². The van der Waals surface area contributed by atoms with Crippen molar-refractivity contribution >= 4 is 17.5 Å². The van der Waals surface area contributed by atoms with Gasteiger partial charge in [-0.15, -0.1) is 0 Å². The molecule has 1 fully saturated rings. The summed E-state index contributed by atoms with van der Waals surface area (Å²) >= 11 is 5.91. The van der Waals surface area contributed by atoms with Crippen molar-refractivity contribution in [3.63, 3.8) is 0 Å². The Labute approximate surface area is 150 Å². The normalized spacial score (nSPS) is 17.7. The van der Waals surface area contributed by atoms with Crippen LogP contribution in [0, 0.1) is 5.41 Å². The smallest absolute Gasteiger partial charge is 0.404 e. The summed E-state index contributed by atoms with van der Waals surface area (Å²) in [6.45, 7) is 1.23. The molecule has 4 nitrogen and oxygen atoms in total. The van der Waals surface area contributed by atoms with Crippen LogP contribution in [0.4, 0.5) is 26.3 Å². The number of rotatable bonds is 3. The number of alkyl halides is 6. The quantitative estimate of drug-likeness (QED) is 0.698. The molecule has 146 valence electrons. The largest absolute Gasteiger partial charge is 0.474 e. The Bertz CT molecular complexity index is 676. The summed E-state index contributed by atoms with van der Waals surface area (Å²) in [6, 6.07) is 1.11. The molecule has 0 aliphatic carbocycles. The van der Waals surface area contributed by atoms with Gasteiger partial charge in [0, 0.05) is 19.3 Å². The van der Waals surface area contributed by atoms with E-state index >= 15 is 0 Å². The van der Waals surface area contributed by atoms with Crippen molar-refractivity contribution in [3.8, 4) is 5.88 Å². The summed E-state index contributed by atoms with van der Waals surface area (Å²) in [5.41, 5.74) is -4.15. The highest BCUT2D eigenvalue weighted by molar-refractivity contribution is 6.32. The first-order valence-corrected chi connectivity index (χ1v) is 7.91. The van der Waals surface area contributed by atoms with Crippen LogP contribution in [-0.4, -0.2) is 47.3 Å². The van der Waals surface area contributed by atoms with E-state index in [1.54, 1.807) is 13.8 Å². The predicted molar refractivity (Wildman–Crippen MR) is 80.1 cm³/mol. The Morgan fingerprint density at radius 2 is 1.85 bits per heavy atom. The summed E-state index contributed by atoms with van der Waals surface area (Å²) in [5.74, 6) is -0.995. The molecule has 0 unspecified atom stereocenters. The first-order chi connectivity index (χ1) is 11.8. The number of hydrogen-bond donors (Lipinski definition) is 0. The third-order valence-corrected chi connectivity index (χ3v) is 4.31. The second-order valence-electron chi connectivity index (χ2n) is 6.23. The van der Waals surface area contributed by atoms with Gasteiger partial charge in [0.2, 0.25) is 5.88 Å².